The van der Waals surface area contributed by atoms with Crippen molar-refractivity contribution in [1.29, 1.82) is 0 Å². The highest BCUT2D eigenvalue weighted by Crippen LogP contribution is 2.38. The largest absolute Gasteiger partial charge is 0.459 e. The Kier molecular flexibility index (Phi) is 5.55. The minimum absolute atomic E-state index is 0.133. The molecule has 13 heteroatoms. The van der Waals surface area contributed by atoms with Gasteiger partial charge in [0.15, 0.2) is 5.54 Å². The van der Waals surface area contributed by atoms with Crippen LogP contribution in [0.3, 0.4) is 0 Å². The maximum absolute atomic E-state index is 13.2. The Balaban J connectivity index is 1.67. The Bertz CT molecular complexity index is 957. The molecule has 0 saturated heterocycles. The van der Waals surface area contributed by atoms with Gasteiger partial charge in [0.1, 0.15) is 5.60 Å². The van der Waals surface area contributed by atoms with E-state index in [9.17, 15) is 24.4 Å². The van der Waals surface area contributed by atoms with Gasteiger partial charge >= 0.3 is 12.2 Å². The summed E-state index contributed by atoms with van der Waals surface area (Å²) in [6.07, 6.45) is 1.19. The summed E-state index contributed by atoms with van der Waals surface area (Å²) in [7, 11) is 0. The van der Waals surface area contributed by atoms with Crippen LogP contribution in [0.4, 0.5) is 9.59 Å². The van der Waals surface area contributed by atoms with Crippen LogP contribution in [0, 0.1) is 0 Å². The number of carbonyl (C=O) groups is 4. The number of rotatable bonds is 2. The number of nitrogens with one attached hydrogen (secondary N) is 2. The summed E-state index contributed by atoms with van der Waals surface area (Å²) < 4.78 is 5.41. The van der Waals surface area contributed by atoms with Crippen molar-refractivity contribution in [3.05, 3.63) is 0 Å². The molecule has 13 nitrogen and oxygen atoms in total. The Hall–Kier alpha value is -3.22. The van der Waals surface area contributed by atoms with Crippen LogP contribution in [0.2, 0.25) is 0 Å². The molecule has 3 N–H and O–H groups in total. The van der Waals surface area contributed by atoms with E-state index in [0.717, 1.165) is 12.8 Å². The molecule has 0 aromatic carbocycles. The fourth-order valence-corrected chi connectivity index (χ4v) is 4.74. The van der Waals surface area contributed by atoms with Gasteiger partial charge in [0.25, 0.3) is 11.8 Å². The molecular formula is C20H28N6O7. The van der Waals surface area contributed by atoms with E-state index in [2.05, 4.69) is 21.1 Å². The molecule has 4 rings (SSSR count). The molecule has 2 atom stereocenters. The van der Waals surface area contributed by atoms with Crippen molar-refractivity contribution >= 4 is 35.4 Å². The summed E-state index contributed by atoms with van der Waals surface area (Å²) in [4.78, 5) is 57.1. The second-order valence-corrected chi connectivity index (χ2v) is 9.58. The van der Waals surface area contributed by atoms with Gasteiger partial charge in [-0.25, -0.2) is 20.4 Å². The molecular weight excluding hydrogens is 436 g/mol. The lowest BCUT2D eigenvalue weighted by Gasteiger charge is -2.42. The average molecular weight is 464 g/mol. The van der Waals surface area contributed by atoms with E-state index in [-0.39, 0.29) is 17.9 Å². The number of ether oxygens (including phenoxy) is 1. The molecule has 2 fully saturated rings. The number of nitrogens with zero attached hydrogens (tertiary/aromatic N) is 4. The van der Waals surface area contributed by atoms with Gasteiger partial charge in [-0.2, -0.15) is 15.3 Å². The predicted octanol–water partition coefficient (Wildman–Crippen LogP) is 1.56. The molecule has 0 radical (unpaired) electrons. The molecule has 4 amide bonds. The van der Waals surface area contributed by atoms with Crippen LogP contribution in [0.25, 0.3) is 0 Å². The van der Waals surface area contributed by atoms with E-state index in [1.165, 1.54) is 0 Å². The summed E-state index contributed by atoms with van der Waals surface area (Å²) in [6, 6.07) is 0. The lowest BCUT2D eigenvalue weighted by atomic mass is 9.79. The molecule has 2 heterocycles. The molecule has 2 aliphatic carbocycles. The summed E-state index contributed by atoms with van der Waals surface area (Å²) in [5, 5.41) is 19.5. The molecule has 2 saturated carbocycles. The molecule has 33 heavy (non-hydrogen) atoms. The van der Waals surface area contributed by atoms with E-state index in [0.29, 0.717) is 42.2 Å². The van der Waals surface area contributed by atoms with Crippen LogP contribution in [-0.2, 0) is 19.2 Å². The minimum Gasteiger partial charge on any atom is -0.442 e. The van der Waals surface area contributed by atoms with Crippen LogP contribution >= 0.6 is 0 Å². The lowest BCUT2D eigenvalue weighted by molar-refractivity contribution is -0.198. The van der Waals surface area contributed by atoms with Crippen molar-refractivity contribution in [2.24, 2.45) is 10.2 Å². The predicted molar refractivity (Wildman–Crippen MR) is 112 cm³/mol. The molecule has 0 aromatic heterocycles. The van der Waals surface area contributed by atoms with Crippen molar-refractivity contribution in [3.8, 4) is 0 Å². The zero-order valence-corrected chi connectivity index (χ0v) is 18.8. The highest BCUT2D eigenvalue weighted by atomic mass is 16.8. The topological polar surface area (TPSA) is 162 Å². The molecule has 0 spiro atoms. The maximum Gasteiger partial charge on any atom is 0.459 e. The van der Waals surface area contributed by atoms with Gasteiger partial charge in [0.05, 0.1) is 11.4 Å². The van der Waals surface area contributed by atoms with Gasteiger partial charge < -0.3 is 9.57 Å². The minimum atomic E-state index is -1.73. The zero-order valence-electron chi connectivity index (χ0n) is 18.8. The van der Waals surface area contributed by atoms with Gasteiger partial charge in [0.2, 0.25) is 5.54 Å². The van der Waals surface area contributed by atoms with Gasteiger partial charge in [-0.3, -0.25) is 14.8 Å². The first-order valence-corrected chi connectivity index (χ1v) is 11.0. The van der Waals surface area contributed by atoms with Crippen molar-refractivity contribution in [2.45, 2.75) is 88.8 Å². The van der Waals surface area contributed by atoms with Gasteiger partial charge in [-0.1, -0.05) is 0 Å². The SMILES string of the molecule is CC(C)(C)OC(=O)N(OC(=O)N(O)C12CCCCC1=NNC2=O)C12CCCCC1=NNC2=O. The number of hydrogen-bond donors (Lipinski definition) is 3. The third-order valence-electron chi connectivity index (χ3n) is 6.31. The molecule has 2 aliphatic heterocycles. The lowest BCUT2D eigenvalue weighted by Crippen LogP contribution is -2.66. The first-order chi connectivity index (χ1) is 15.5. The van der Waals surface area contributed by atoms with Crippen molar-refractivity contribution < 1.29 is 34.0 Å². The van der Waals surface area contributed by atoms with Gasteiger partial charge in [0, 0.05) is 0 Å². The highest BCUT2D eigenvalue weighted by molar-refractivity contribution is 6.19. The Morgan fingerprint density at radius 2 is 1.42 bits per heavy atom. The summed E-state index contributed by atoms with van der Waals surface area (Å²) in [6.45, 7) is 4.87. The van der Waals surface area contributed by atoms with E-state index in [1.807, 2.05) is 0 Å². The molecule has 4 aliphatic rings. The van der Waals surface area contributed by atoms with Crippen molar-refractivity contribution in [2.75, 3.05) is 0 Å². The first kappa shape index (κ1) is 23.0. The van der Waals surface area contributed by atoms with E-state index < -0.39 is 40.7 Å². The average Bonchev–Trinajstić information content (AvgIpc) is 3.29. The number of carbonyl (C=O) groups excluding carboxylic acids is 4. The quantitative estimate of drug-likeness (QED) is 0.412. The van der Waals surface area contributed by atoms with E-state index >= 15 is 0 Å². The van der Waals surface area contributed by atoms with Gasteiger partial charge in [-0.15, -0.1) is 5.06 Å². The fourth-order valence-electron chi connectivity index (χ4n) is 4.74. The molecule has 180 valence electrons. The van der Waals surface area contributed by atoms with Crippen molar-refractivity contribution in [3.63, 3.8) is 0 Å². The smallest absolute Gasteiger partial charge is 0.442 e. The van der Waals surface area contributed by atoms with E-state index in [1.54, 1.807) is 20.8 Å². The van der Waals surface area contributed by atoms with E-state index in [4.69, 9.17) is 9.57 Å². The Labute approximate surface area is 190 Å². The standard InChI is InChI=1S/C20H28N6O7/c1-18(2,3)32-17(30)26(20-11-7-5-9-13(20)22-24-15(20)28)33-16(29)25(31)19-10-6-4-8-12(19)21-23-14(19)27/h31H,4-11H2,1-3H3,(H,23,27)(H,24,28). The summed E-state index contributed by atoms with van der Waals surface area (Å²) in [5.74, 6) is -1.31. The summed E-state index contributed by atoms with van der Waals surface area (Å²) in [5.41, 5.74) is 0.904. The fraction of sp³-hybridized carbons (Fsp3) is 0.700. The normalized spacial score (nSPS) is 28.5. The molecule has 2 unspecified atom stereocenters. The zero-order chi connectivity index (χ0) is 24.0. The Morgan fingerprint density at radius 1 is 0.909 bits per heavy atom. The maximum atomic E-state index is 13.2. The van der Waals surface area contributed by atoms with Crippen LogP contribution in [0.5, 0.6) is 0 Å². The third kappa shape index (κ3) is 3.59. The van der Waals surface area contributed by atoms with Crippen LogP contribution in [0.15, 0.2) is 10.2 Å². The van der Waals surface area contributed by atoms with Crippen LogP contribution < -0.4 is 10.9 Å². The number of amides is 4. The first-order valence-electron chi connectivity index (χ1n) is 11.0. The monoisotopic (exact) mass is 464 g/mol. The molecule has 0 bridgehead atoms. The summed E-state index contributed by atoms with van der Waals surface area (Å²) >= 11 is 0. The number of hydrogen-bond acceptors (Lipinski definition) is 9. The van der Waals surface area contributed by atoms with Crippen molar-refractivity contribution in [1.82, 2.24) is 21.0 Å². The number of hydroxylamine groups is 4. The third-order valence-corrected chi connectivity index (χ3v) is 6.31. The number of fused-ring (bicyclic) bond motifs is 2. The second kappa shape index (κ2) is 7.97. The Morgan fingerprint density at radius 3 is 2.00 bits per heavy atom. The highest BCUT2D eigenvalue weighted by Gasteiger charge is 2.60. The molecule has 0 aromatic rings. The number of hydrazone groups is 2. The second-order valence-electron chi connectivity index (χ2n) is 9.58. The van der Waals surface area contributed by atoms with Crippen LogP contribution in [0.1, 0.15) is 72.1 Å². The van der Waals surface area contributed by atoms with Gasteiger partial charge in [-0.05, 0) is 72.1 Å². The van der Waals surface area contributed by atoms with Crippen LogP contribution in [-0.4, -0.2) is 67.4 Å².